The molecule has 4 heteroatoms. The van der Waals surface area contributed by atoms with Gasteiger partial charge in [0.1, 0.15) is 0 Å². The van der Waals surface area contributed by atoms with Crippen LogP contribution in [-0.2, 0) is 0 Å². The van der Waals surface area contributed by atoms with Crippen LogP contribution in [0.2, 0.25) is 0 Å². The molecule has 0 saturated carbocycles. The van der Waals surface area contributed by atoms with Crippen LogP contribution >= 0.6 is 0 Å². The van der Waals surface area contributed by atoms with Gasteiger partial charge in [-0.05, 0) is 49.2 Å². The first kappa shape index (κ1) is 19.1. The Kier molecular flexibility index (Phi) is 5.52. The van der Waals surface area contributed by atoms with Gasteiger partial charge in [-0.25, -0.2) is 4.79 Å². The van der Waals surface area contributed by atoms with Crippen molar-refractivity contribution in [1.82, 2.24) is 4.90 Å². The van der Waals surface area contributed by atoms with E-state index >= 15 is 0 Å². The van der Waals surface area contributed by atoms with Gasteiger partial charge in [-0.15, -0.1) is 0 Å². The first-order valence-electron chi connectivity index (χ1n) is 10.2. The Morgan fingerprint density at radius 3 is 1.66 bits per heavy atom. The van der Waals surface area contributed by atoms with Gasteiger partial charge in [0.2, 0.25) is 0 Å². The molecule has 4 rings (SSSR count). The molecule has 0 atom stereocenters. The molecule has 0 radical (unpaired) electrons. The van der Waals surface area contributed by atoms with Crippen molar-refractivity contribution in [2.75, 3.05) is 36.0 Å². The maximum atomic E-state index is 13.5. The number of hydrogen-bond donors (Lipinski definition) is 0. The van der Waals surface area contributed by atoms with Crippen molar-refractivity contribution in [3.8, 4) is 0 Å². The van der Waals surface area contributed by atoms with E-state index in [9.17, 15) is 4.79 Å². The molecule has 3 aromatic rings. The van der Waals surface area contributed by atoms with E-state index in [1.807, 2.05) is 70.5 Å². The minimum absolute atomic E-state index is 0.0311. The molecule has 0 aromatic heterocycles. The van der Waals surface area contributed by atoms with Crippen LogP contribution in [0.3, 0.4) is 0 Å². The normalized spacial score (nSPS) is 14.0. The van der Waals surface area contributed by atoms with Gasteiger partial charge < -0.3 is 9.80 Å². The second-order valence-electron chi connectivity index (χ2n) is 7.50. The second-order valence-corrected chi connectivity index (χ2v) is 7.50. The molecule has 1 heterocycles. The average molecular weight is 386 g/mol. The molecule has 0 spiro atoms. The van der Waals surface area contributed by atoms with Crippen LogP contribution in [0.15, 0.2) is 78.9 Å². The number of carbonyl (C=O) groups is 1. The SMILES string of the molecule is Cc1cccc(C)c1N1CCN(C(=O)N(c2ccccc2)c2ccccc2)CC1. The zero-order chi connectivity index (χ0) is 20.2. The average Bonchev–Trinajstić information content (AvgIpc) is 2.76. The van der Waals surface area contributed by atoms with Crippen LogP contribution < -0.4 is 9.80 Å². The zero-order valence-electron chi connectivity index (χ0n) is 17.1. The van der Waals surface area contributed by atoms with E-state index in [-0.39, 0.29) is 6.03 Å². The lowest BCUT2D eigenvalue weighted by molar-refractivity contribution is 0.203. The Balaban J connectivity index is 1.54. The van der Waals surface area contributed by atoms with Crippen LogP contribution in [-0.4, -0.2) is 37.1 Å². The molecule has 3 aromatic carbocycles. The van der Waals surface area contributed by atoms with Crippen molar-refractivity contribution in [3.63, 3.8) is 0 Å². The van der Waals surface area contributed by atoms with Crippen molar-refractivity contribution in [2.45, 2.75) is 13.8 Å². The molecule has 1 aliphatic heterocycles. The van der Waals surface area contributed by atoms with E-state index in [0.717, 1.165) is 24.5 Å². The molecule has 0 aliphatic carbocycles. The van der Waals surface area contributed by atoms with Crippen LogP contribution in [0.5, 0.6) is 0 Å². The fraction of sp³-hybridized carbons (Fsp3) is 0.240. The van der Waals surface area contributed by atoms with E-state index < -0.39 is 0 Å². The number of carbonyl (C=O) groups excluding carboxylic acids is 1. The highest BCUT2D eigenvalue weighted by Crippen LogP contribution is 2.29. The Morgan fingerprint density at radius 1 is 0.690 bits per heavy atom. The number of urea groups is 1. The van der Waals surface area contributed by atoms with Crippen molar-refractivity contribution >= 4 is 23.1 Å². The summed E-state index contributed by atoms with van der Waals surface area (Å²) in [6.07, 6.45) is 0. The predicted octanol–water partition coefficient (Wildman–Crippen LogP) is 5.38. The van der Waals surface area contributed by atoms with E-state index in [4.69, 9.17) is 0 Å². The molecule has 0 bridgehead atoms. The number of nitrogens with zero attached hydrogens (tertiary/aromatic N) is 3. The lowest BCUT2D eigenvalue weighted by Gasteiger charge is -2.39. The van der Waals surface area contributed by atoms with E-state index in [1.54, 1.807) is 0 Å². The summed E-state index contributed by atoms with van der Waals surface area (Å²) in [5.41, 5.74) is 5.67. The van der Waals surface area contributed by atoms with Crippen molar-refractivity contribution < 1.29 is 4.79 Å². The molecule has 148 valence electrons. The minimum Gasteiger partial charge on any atom is -0.368 e. The Hall–Kier alpha value is -3.27. The van der Waals surface area contributed by atoms with Gasteiger partial charge in [0.15, 0.2) is 0 Å². The molecule has 1 saturated heterocycles. The molecule has 0 N–H and O–H groups in total. The van der Waals surface area contributed by atoms with Gasteiger partial charge in [-0.1, -0.05) is 54.6 Å². The minimum atomic E-state index is 0.0311. The Bertz CT molecular complexity index is 904. The summed E-state index contributed by atoms with van der Waals surface area (Å²) in [4.78, 5) is 19.7. The predicted molar refractivity (Wildman–Crippen MR) is 120 cm³/mol. The molecule has 4 nitrogen and oxygen atoms in total. The summed E-state index contributed by atoms with van der Waals surface area (Å²) in [6, 6.07) is 26.2. The summed E-state index contributed by atoms with van der Waals surface area (Å²) < 4.78 is 0. The monoisotopic (exact) mass is 385 g/mol. The fourth-order valence-electron chi connectivity index (χ4n) is 4.09. The molecular weight excluding hydrogens is 358 g/mol. The van der Waals surface area contributed by atoms with Gasteiger partial charge >= 0.3 is 6.03 Å². The summed E-state index contributed by atoms with van der Waals surface area (Å²) in [5, 5.41) is 0. The second kappa shape index (κ2) is 8.39. The molecule has 2 amide bonds. The number of benzene rings is 3. The lowest BCUT2D eigenvalue weighted by Crippen LogP contribution is -2.52. The van der Waals surface area contributed by atoms with Crippen molar-refractivity contribution in [1.29, 1.82) is 0 Å². The lowest BCUT2D eigenvalue weighted by atomic mass is 10.1. The highest BCUT2D eigenvalue weighted by molar-refractivity contribution is 5.99. The molecule has 1 aliphatic rings. The zero-order valence-corrected chi connectivity index (χ0v) is 17.1. The number of aryl methyl sites for hydroxylation is 2. The first-order chi connectivity index (χ1) is 14.1. The third kappa shape index (κ3) is 3.97. The molecule has 1 fully saturated rings. The third-order valence-corrected chi connectivity index (χ3v) is 5.53. The largest absolute Gasteiger partial charge is 0.368 e. The van der Waals surface area contributed by atoms with Gasteiger partial charge in [0.05, 0.1) is 11.4 Å². The third-order valence-electron chi connectivity index (χ3n) is 5.53. The van der Waals surface area contributed by atoms with Crippen LogP contribution in [0, 0.1) is 13.8 Å². The summed E-state index contributed by atoms with van der Waals surface area (Å²) in [6.45, 7) is 7.42. The molecular formula is C25H27N3O. The van der Waals surface area contributed by atoms with Gasteiger partial charge in [-0.2, -0.15) is 0 Å². The van der Waals surface area contributed by atoms with E-state index in [1.165, 1.54) is 16.8 Å². The van der Waals surface area contributed by atoms with Gasteiger partial charge in [0, 0.05) is 31.9 Å². The highest BCUT2D eigenvalue weighted by atomic mass is 16.2. The van der Waals surface area contributed by atoms with Gasteiger partial charge in [-0.3, -0.25) is 4.90 Å². The molecule has 0 unspecified atom stereocenters. The number of rotatable bonds is 3. The smallest absolute Gasteiger partial charge is 0.329 e. The summed E-state index contributed by atoms with van der Waals surface area (Å²) >= 11 is 0. The van der Waals surface area contributed by atoms with Crippen molar-refractivity contribution in [3.05, 3.63) is 90.0 Å². The van der Waals surface area contributed by atoms with Gasteiger partial charge in [0.25, 0.3) is 0 Å². The number of amides is 2. The number of piperazine rings is 1. The topological polar surface area (TPSA) is 26.8 Å². The number of para-hydroxylation sites is 3. The van der Waals surface area contributed by atoms with E-state index in [2.05, 4.69) is 36.9 Å². The maximum Gasteiger partial charge on any atom is 0.329 e. The summed E-state index contributed by atoms with van der Waals surface area (Å²) in [5.74, 6) is 0. The van der Waals surface area contributed by atoms with Crippen LogP contribution in [0.1, 0.15) is 11.1 Å². The standard InChI is InChI=1S/C25H27N3O/c1-20-10-9-11-21(2)24(20)26-16-18-27(19-17-26)25(29)28(22-12-5-3-6-13-22)23-14-7-4-8-15-23/h3-15H,16-19H2,1-2H3. The Labute approximate surface area is 173 Å². The van der Waals surface area contributed by atoms with Crippen LogP contribution in [0.4, 0.5) is 21.9 Å². The van der Waals surface area contributed by atoms with Crippen LogP contribution in [0.25, 0.3) is 0 Å². The quantitative estimate of drug-likeness (QED) is 0.605. The highest BCUT2D eigenvalue weighted by Gasteiger charge is 2.28. The Morgan fingerprint density at radius 2 is 1.17 bits per heavy atom. The van der Waals surface area contributed by atoms with E-state index in [0.29, 0.717) is 13.1 Å². The number of anilines is 3. The molecule has 29 heavy (non-hydrogen) atoms. The summed E-state index contributed by atoms with van der Waals surface area (Å²) in [7, 11) is 0. The number of hydrogen-bond acceptors (Lipinski definition) is 2. The maximum absolute atomic E-state index is 13.5. The van der Waals surface area contributed by atoms with Crippen molar-refractivity contribution in [2.24, 2.45) is 0 Å². The first-order valence-corrected chi connectivity index (χ1v) is 10.2. The fourth-order valence-corrected chi connectivity index (χ4v) is 4.09.